The number of allylic oxidation sites excluding steroid dienone is 1. The van der Waals surface area contributed by atoms with Crippen molar-refractivity contribution in [2.75, 3.05) is 12.4 Å². The number of halogens is 1. The summed E-state index contributed by atoms with van der Waals surface area (Å²) in [5.41, 5.74) is 4.65. The molecule has 0 aliphatic heterocycles. The molecule has 2 N–H and O–H groups in total. The first-order valence-corrected chi connectivity index (χ1v) is 10.3. The van der Waals surface area contributed by atoms with Crippen molar-refractivity contribution >= 4 is 40.1 Å². The van der Waals surface area contributed by atoms with Gasteiger partial charge in [0, 0.05) is 34.2 Å². The number of rotatable bonds is 5. The Morgan fingerprint density at radius 1 is 1.03 bits per heavy atom. The number of H-pyrrole nitrogens is 1. The second-order valence-electron chi connectivity index (χ2n) is 7.28. The van der Waals surface area contributed by atoms with E-state index in [0.29, 0.717) is 16.1 Å². The fraction of sp³-hybridized carbons (Fsp3) is 0.0769. The molecule has 0 bridgehead atoms. The van der Waals surface area contributed by atoms with Crippen molar-refractivity contribution in [2.24, 2.45) is 0 Å². The number of pyridine rings is 1. The predicted octanol–water partition coefficient (Wildman–Crippen LogP) is 6.09. The van der Waals surface area contributed by atoms with Gasteiger partial charge in [0.15, 0.2) is 5.78 Å². The zero-order valence-corrected chi connectivity index (χ0v) is 18.0. The standard InChI is InChI=1S/C26H21ClN2O2/c1-16-14-17(8-11-21(16)28-2)9-13-23(30)25-24(18-6-4-3-5-7-18)20-15-19(27)10-12-22(20)29-26(25)31/h3-15,28H,1-2H3,(H,29,31)/b13-9+. The highest BCUT2D eigenvalue weighted by molar-refractivity contribution is 6.31. The van der Waals surface area contributed by atoms with Gasteiger partial charge >= 0.3 is 0 Å². The monoisotopic (exact) mass is 428 g/mol. The molecule has 0 atom stereocenters. The van der Waals surface area contributed by atoms with Crippen LogP contribution in [-0.2, 0) is 0 Å². The Bertz CT molecular complexity index is 1370. The van der Waals surface area contributed by atoms with Gasteiger partial charge in [-0.3, -0.25) is 9.59 Å². The van der Waals surface area contributed by atoms with E-state index in [2.05, 4.69) is 10.3 Å². The number of aromatic amines is 1. The molecule has 4 aromatic rings. The molecule has 1 aromatic heterocycles. The molecule has 1 heterocycles. The van der Waals surface area contributed by atoms with E-state index < -0.39 is 5.56 Å². The Labute approximate surface area is 185 Å². The maximum absolute atomic E-state index is 13.2. The van der Waals surface area contributed by atoms with Gasteiger partial charge in [-0.05, 0) is 60.0 Å². The fourth-order valence-electron chi connectivity index (χ4n) is 3.73. The highest BCUT2D eigenvalue weighted by atomic mass is 35.5. The van der Waals surface area contributed by atoms with E-state index in [4.69, 9.17) is 11.6 Å². The van der Waals surface area contributed by atoms with Crippen LogP contribution in [0.5, 0.6) is 0 Å². The third kappa shape index (κ3) is 4.16. The van der Waals surface area contributed by atoms with Crippen LogP contribution in [0.4, 0.5) is 5.69 Å². The first kappa shape index (κ1) is 20.6. The van der Waals surface area contributed by atoms with E-state index in [9.17, 15) is 9.59 Å². The van der Waals surface area contributed by atoms with Crippen LogP contribution < -0.4 is 10.9 Å². The largest absolute Gasteiger partial charge is 0.388 e. The maximum Gasteiger partial charge on any atom is 0.260 e. The minimum atomic E-state index is -0.426. The van der Waals surface area contributed by atoms with Gasteiger partial charge in [0.2, 0.25) is 0 Å². The first-order valence-electron chi connectivity index (χ1n) is 9.89. The number of carbonyl (C=O) groups is 1. The number of hydrogen-bond acceptors (Lipinski definition) is 3. The first-order chi connectivity index (χ1) is 15.0. The third-order valence-corrected chi connectivity index (χ3v) is 5.47. The van der Waals surface area contributed by atoms with Gasteiger partial charge in [0.05, 0.1) is 5.56 Å². The Morgan fingerprint density at radius 2 is 1.81 bits per heavy atom. The van der Waals surface area contributed by atoms with Gasteiger partial charge in [0.1, 0.15) is 0 Å². The summed E-state index contributed by atoms with van der Waals surface area (Å²) in [6.07, 6.45) is 3.17. The Kier molecular flexibility index (Phi) is 5.74. The normalized spacial score (nSPS) is 11.2. The van der Waals surface area contributed by atoms with Crippen LogP contribution in [0.2, 0.25) is 5.02 Å². The molecule has 0 aliphatic carbocycles. The molecular weight excluding hydrogens is 408 g/mol. The summed E-state index contributed by atoms with van der Waals surface area (Å²) < 4.78 is 0. The van der Waals surface area contributed by atoms with Crippen molar-refractivity contribution < 1.29 is 4.79 Å². The molecule has 154 valence electrons. The number of ketones is 1. The Balaban J connectivity index is 1.87. The van der Waals surface area contributed by atoms with Gasteiger partial charge in [0.25, 0.3) is 5.56 Å². The van der Waals surface area contributed by atoms with Crippen molar-refractivity contribution in [3.8, 4) is 11.1 Å². The van der Waals surface area contributed by atoms with Crippen LogP contribution in [0.1, 0.15) is 21.5 Å². The molecule has 4 nitrogen and oxygen atoms in total. The van der Waals surface area contributed by atoms with Gasteiger partial charge in [-0.2, -0.15) is 0 Å². The summed E-state index contributed by atoms with van der Waals surface area (Å²) >= 11 is 6.23. The van der Waals surface area contributed by atoms with Gasteiger partial charge in [-0.1, -0.05) is 54.1 Å². The molecule has 31 heavy (non-hydrogen) atoms. The highest BCUT2D eigenvalue weighted by Crippen LogP contribution is 2.31. The molecule has 0 fully saturated rings. The summed E-state index contributed by atoms with van der Waals surface area (Å²) in [6.45, 7) is 2.00. The number of anilines is 1. The summed E-state index contributed by atoms with van der Waals surface area (Å²) in [4.78, 5) is 29.0. The van der Waals surface area contributed by atoms with E-state index >= 15 is 0 Å². The minimum absolute atomic E-state index is 0.0979. The number of benzene rings is 3. The molecule has 3 aromatic carbocycles. The lowest BCUT2D eigenvalue weighted by atomic mass is 9.94. The van der Waals surface area contributed by atoms with Crippen molar-refractivity contribution in [2.45, 2.75) is 6.92 Å². The Hall–Kier alpha value is -3.63. The van der Waals surface area contributed by atoms with Crippen molar-refractivity contribution in [1.82, 2.24) is 4.98 Å². The SMILES string of the molecule is CNc1ccc(/C=C/C(=O)c2c(-c3ccccc3)c3cc(Cl)ccc3[nH]c2=O)cc1C. The van der Waals surface area contributed by atoms with Crippen LogP contribution >= 0.6 is 11.6 Å². The quantitative estimate of drug-likeness (QED) is 0.298. The summed E-state index contributed by atoms with van der Waals surface area (Å²) in [5, 5.41) is 4.38. The van der Waals surface area contributed by atoms with Crippen LogP contribution in [0.25, 0.3) is 28.1 Å². The van der Waals surface area contributed by atoms with Gasteiger partial charge in [-0.15, -0.1) is 0 Å². The number of carbonyl (C=O) groups excluding carboxylic acids is 1. The summed E-state index contributed by atoms with van der Waals surface area (Å²) in [5.74, 6) is -0.364. The molecule has 0 unspecified atom stereocenters. The minimum Gasteiger partial charge on any atom is -0.388 e. The zero-order valence-electron chi connectivity index (χ0n) is 17.2. The lowest BCUT2D eigenvalue weighted by molar-refractivity contribution is 0.104. The fourth-order valence-corrected chi connectivity index (χ4v) is 3.90. The lowest BCUT2D eigenvalue weighted by Crippen LogP contribution is -2.18. The molecule has 0 saturated carbocycles. The lowest BCUT2D eigenvalue weighted by Gasteiger charge is -2.12. The van der Waals surface area contributed by atoms with E-state index in [0.717, 1.165) is 27.8 Å². The van der Waals surface area contributed by atoms with Crippen molar-refractivity contribution in [3.05, 3.63) is 105 Å². The third-order valence-electron chi connectivity index (χ3n) is 5.23. The number of aromatic nitrogens is 1. The van der Waals surface area contributed by atoms with Crippen molar-refractivity contribution in [3.63, 3.8) is 0 Å². The van der Waals surface area contributed by atoms with Crippen LogP contribution in [0, 0.1) is 6.92 Å². The smallest absolute Gasteiger partial charge is 0.260 e. The number of nitrogens with one attached hydrogen (secondary N) is 2. The molecule has 0 saturated heterocycles. The summed E-state index contributed by atoms with van der Waals surface area (Å²) in [7, 11) is 1.87. The highest BCUT2D eigenvalue weighted by Gasteiger charge is 2.19. The number of aryl methyl sites for hydroxylation is 1. The maximum atomic E-state index is 13.2. The number of fused-ring (bicyclic) bond motifs is 1. The topological polar surface area (TPSA) is 62.0 Å². The molecule has 0 spiro atoms. The van der Waals surface area contributed by atoms with Crippen LogP contribution in [0.15, 0.2) is 77.6 Å². The average Bonchev–Trinajstić information content (AvgIpc) is 2.77. The van der Waals surface area contributed by atoms with Gasteiger partial charge in [-0.25, -0.2) is 0 Å². The summed E-state index contributed by atoms with van der Waals surface area (Å²) in [6, 6.07) is 20.5. The predicted molar refractivity (Wildman–Crippen MR) is 129 cm³/mol. The Morgan fingerprint density at radius 3 is 2.52 bits per heavy atom. The molecular formula is C26H21ClN2O2. The van der Waals surface area contributed by atoms with E-state index in [-0.39, 0.29) is 11.3 Å². The van der Waals surface area contributed by atoms with Crippen LogP contribution in [-0.4, -0.2) is 17.8 Å². The molecule has 0 aliphatic rings. The number of hydrogen-bond donors (Lipinski definition) is 2. The molecule has 0 radical (unpaired) electrons. The molecule has 5 heteroatoms. The van der Waals surface area contributed by atoms with Crippen molar-refractivity contribution in [1.29, 1.82) is 0 Å². The average molecular weight is 429 g/mol. The van der Waals surface area contributed by atoms with Gasteiger partial charge < -0.3 is 10.3 Å². The zero-order chi connectivity index (χ0) is 22.0. The second kappa shape index (κ2) is 8.62. The van der Waals surface area contributed by atoms with Crippen LogP contribution in [0.3, 0.4) is 0 Å². The van der Waals surface area contributed by atoms with E-state index in [1.54, 1.807) is 24.3 Å². The van der Waals surface area contributed by atoms with E-state index in [1.807, 2.05) is 62.5 Å². The second-order valence-corrected chi connectivity index (χ2v) is 7.72. The molecule has 0 amide bonds. The van der Waals surface area contributed by atoms with E-state index in [1.165, 1.54) is 6.08 Å². The molecule has 4 rings (SSSR count).